The number of methoxy groups -OCH3 is 2. The first-order valence-corrected chi connectivity index (χ1v) is 10.2. The van der Waals surface area contributed by atoms with Crippen LogP contribution in [0.15, 0.2) is 47.4 Å². The van der Waals surface area contributed by atoms with Crippen molar-refractivity contribution in [2.75, 3.05) is 20.8 Å². The molecule has 1 N–H and O–H groups in total. The molecule has 5 nitrogen and oxygen atoms in total. The van der Waals surface area contributed by atoms with Gasteiger partial charge in [0.05, 0.1) is 12.7 Å². The summed E-state index contributed by atoms with van der Waals surface area (Å²) in [5.41, 5.74) is 2.80. The summed E-state index contributed by atoms with van der Waals surface area (Å²) in [5, 5.41) is 0. The smallest absolute Gasteiger partial charge is 0.244 e. The highest BCUT2D eigenvalue weighted by molar-refractivity contribution is 7.89. The van der Waals surface area contributed by atoms with Crippen LogP contribution in [0.2, 0.25) is 0 Å². The molecule has 0 aliphatic heterocycles. The van der Waals surface area contributed by atoms with Gasteiger partial charge < -0.3 is 9.47 Å². The van der Waals surface area contributed by atoms with Crippen LogP contribution in [-0.4, -0.2) is 34.8 Å². The van der Waals surface area contributed by atoms with E-state index in [1.807, 2.05) is 25.1 Å². The van der Waals surface area contributed by atoms with Crippen LogP contribution in [0, 0.1) is 0 Å². The molecule has 1 aliphatic carbocycles. The topological polar surface area (TPSA) is 64.6 Å². The Hall–Kier alpha value is -1.89. The van der Waals surface area contributed by atoms with Crippen molar-refractivity contribution in [2.24, 2.45) is 0 Å². The van der Waals surface area contributed by atoms with Crippen LogP contribution in [0.3, 0.4) is 0 Å². The molecule has 1 aliphatic rings. The minimum atomic E-state index is -3.71. The molecule has 0 spiro atoms. The lowest BCUT2D eigenvalue weighted by molar-refractivity contribution is 0.00377. The maximum Gasteiger partial charge on any atom is 0.244 e. The Morgan fingerprint density at radius 2 is 1.73 bits per heavy atom. The van der Waals surface area contributed by atoms with E-state index in [-0.39, 0.29) is 11.4 Å². The first-order valence-electron chi connectivity index (χ1n) is 8.71. The molecule has 0 heterocycles. The first kappa shape index (κ1) is 18.9. The molecule has 2 aromatic rings. The third-order valence-electron chi connectivity index (χ3n) is 5.09. The van der Waals surface area contributed by atoms with Crippen molar-refractivity contribution in [1.29, 1.82) is 0 Å². The maximum atomic E-state index is 12.9. The van der Waals surface area contributed by atoms with Crippen molar-refractivity contribution in [3.8, 4) is 5.75 Å². The molecule has 0 bridgehead atoms. The highest BCUT2D eigenvalue weighted by atomic mass is 32.2. The molecule has 3 rings (SSSR count). The summed E-state index contributed by atoms with van der Waals surface area (Å²) in [6, 6.07) is 13.4. The average Bonchev–Trinajstić information content (AvgIpc) is 3.05. The zero-order valence-corrected chi connectivity index (χ0v) is 16.2. The van der Waals surface area contributed by atoms with Crippen molar-refractivity contribution >= 4 is 10.0 Å². The van der Waals surface area contributed by atoms with E-state index in [1.165, 1.54) is 18.2 Å². The van der Waals surface area contributed by atoms with Crippen LogP contribution in [0.25, 0.3) is 0 Å². The van der Waals surface area contributed by atoms with E-state index in [0.717, 1.165) is 12.0 Å². The first-order chi connectivity index (χ1) is 12.4. The van der Waals surface area contributed by atoms with E-state index in [1.54, 1.807) is 19.2 Å². The fraction of sp³-hybridized carbons (Fsp3) is 0.400. The maximum absolute atomic E-state index is 12.9. The predicted molar refractivity (Wildman–Crippen MR) is 101 cm³/mol. The van der Waals surface area contributed by atoms with Gasteiger partial charge in [-0.1, -0.05) is 37.3 Å². The number of hydrogen-bond donors (Lipinski definition) is 1. The van der Waals surface area contributed by atoms with Crippen LogP contribution in [0.1, 0.15) is 23.6 Å². The number of ether oxygens (including phenoxy) is 2. The molecule has 0 saturated carbocycles. The number of aryl methyl sites for hydroxylation is 1. The van der Waals surface area contributed by atoms with Crippen molar-refractivity contribution in [2.45, 2.75) is 36.7 Å². The molecule has 6 heteroatoms. The van der Waals surface area contributed by atoms with E-state index in [9.17, 15) is 8.42 Å². The number of fused-ring (bicyclic) bond motifs is 1. The van der Waals surface area contributed by atoms with E-state index in [2.05, 4.69) is 16.9 Å². The lowest BCUT2D eigenvalue weighted by Crippen LogP contribution is -2.45. The van der Waals surface area contributed by atoms with Gasteiger partial charge in [-0.15, -0.1) is 0 Å². The summed E-state index contributed by atoms with van der Waals surface area (Å²) in [6.07, 6.45) is 2.13. The second-order valence-corrected chi connectivity index (χ2v) is 8.41. The van der Waals surface area contributed by atoms with Gasteiger partial charge in [0.1, 0.15) is 10.6 Å². The van der Waals surface area contributed by atoms with Crippen LogP contribution in [0.5, 0.6) is 5.75 Å². The van der Waals surface area contributed by atoms with E-state index in [4.69, 9.17) is 9.47 Å². The summed E-state index contributed by atoms with van der Waals surface area (Å²) in [5.74, 6) is 0.343. The van der Waals surface area contributed by atoms with Crippen LogP contribution >= 0.6 is 0 Å². The molecule has 0 atom stereocenters. The van der Waals surface area contributed by atoms with Crippen LogP contribution in [0.4, 0.5) is 0 Å². The Labute approximate surface area is 155 Å². The van der Waals surface area contributed by atoms with Gasteiger partial charge in [0.25, 0.3) is 0 Å². The normalized spacial score (nSPS) is 15.7. The molecule has 2 aromatic carbocycles. The van der Waals surface area contributed by atoms with Gasteiger partial charge in [0.15, 0.2) is 0 Å². The third kappa shape index (κ3) is 3.63. The second-order valence-electron chi connectivity index (χ2n) is 6.67. The lowest BCUT2D eigenvalue weighted by Gasteiger charge is -2.28. The predicted octanol–water partition coefficient (Wildman–Crippen LogP) is 2.72. The number of hydrogen-bond acceptors (Lipinski definition) is 4. The number of nitrogens with one attached hydrogen (secondary N) is 1. The molecule has 26 heavy (non-hydrogen) atoms. The van der Waals surface area contributed by atoms with Gasteiger partial charge in [-0.3, -0.25) is 0 Å². The number of benzene rings is 2. The fourth-order valence-electron chi connectivity index (χ4n) is 3.46. The van der Waals surface area contributed by atoms with E-state index < -0.39 is 15.6 Å². The average molecular weight is 375 g/mol. The summed E-state index contributed by atoms with van der Waals surface area (Å²) < 4.78 is 39.6. The largest absolute Gasteiger partial charge is 0.495 e. The zero-order valence-electron chi connectivity index (χ0n) is 15.4. The molecule has 0 fully saturated rings. The van der Waals surface area contributed by atoms with Gasteiger partial charge in [0.2, 0.25) is 10.0 Å². The Morgan fingerprint density at radius 3 is 2.27 bits per heavy atom. The number of sulfonamides is 1. The van der Waals surface area contributed by atoms with Crippen molar-refractivity contribution in [1.82, 2.24) is 4.72 Å². The molecule has 0 amide bonds. The molecular formula is C20H25NO4S. The number of rotatable bonds is 7. The second kappa shape index (κ2) is 7.39. The standard InChI is InChI=1S/C20H25NO4S/c1-4-15-9-10-18(24-2)19(11-15)26(22,23)21-14-20(25-3)12-16-7-5-6-8-17(16)13-20/h5-11,21H,4,12-14H2,1-3H3. The highest BCUT2D eigenvalue weighted by Crippen LogP contribution is 2.33. The molecule has 0 radical (unpaired) electrons. The SMILES string of the molecule is CCc1ccc(OC)c(S(=O)(=O)NCC2(OC)Cc3ccccc3C2)c1. The summed E-state index contributed by atoms with van der Waals surface area (Å²) in [7, 11) is -0.600. The van der Waals surface area contributed by atoms with E-state index >= 15 is 0 Å². The molecule has 140 valence electrons. The van der Waals surface area contributed by atoms with Crippen molar-refractivity contribution in [3.63, 3.8) is 0 Å². The molecule has 0 saturated heterocycles. The minimum absolute atomic E-state index is 0.168. The van der Waals surface area contributed by atoms with Crippen molar-refractivity contribution in [3.05, 3.63) is 59.2 Å². The Bertz CT molecular complexity index is 867. The van der Waals surface area contributed by atoms with Gasteiger partial charge in [-0.2, -0.15) is 0 Å². The van der Waals surface area contributed by atoms with E-state index in [0.29, 0.717) is 18.6 Å². The monoisotopic (exact) mass is 375 g/mol. The fourth-order valence-corrected chi connectivity index (χ4v) is 4.79. The summed E-state index contributed by atoms with van der Waals surface area (Å²) in [4.78, 5) is 0.168. The molecule has 0 aromatic heterocycles. The highest BCUT2D eigenvalue weighted by Gasteiger charge is 2.38. The zero-order chi connectivity index (χ0) is 18.8. The van der Waals surface area contributed by atoms with Gasteiger partial charge >= 0.3 is 0 Å². The minimum Gasteiger partial charge on any atom is -0.495 e. The molecule has 0 unspecified atom stereocenters. The third-order valence-corrected chi connectivity index (χ3v) is 6.51. The van der Waals surface area contributed by atoms with Crippen molar-refractivity contribution < 1.29 is 17.9 Å². The van der Waals surface area contributed by atoms with Gasteiger partial charge in [0, 0.05) is 26.5 Å². The van der Waals surface area contributed by atoms with Gasteiger partial charge in [-0.25, -0.2) is 13.1 Å². The Balaban J connectivity index is 1.83. The lowest BCUT2D eigenvalue weighted by atomic mass is 10.0. The summed E-state index contributed by atoms with van der Waals surface area (Å²) in [6.45, 7) is 2.20. The molecular weight excluding hydrogens is 350 g/mol. The Kier molecular flexibility index (Phi) is 5.37. The Morgan fingerprint density at radius 1 is 1.08 bits per heavy atom. The van der Waals surface area contributed by atoms with Crippen LogP contribution in [-0.2, 0) is 34.0 Å². The van der Waals surface area contributed by atoms with Gasteiger partial charge in [-0.05, 0) is 35.2 Å². The summed E-state index contributed by atoms with van der Waals surface area (Å²) >= 11 is 0. The van der Waals surface area contributed by atoms with Crippen LogP contribution < -0.4 is 9.46 Å². The quantitative estimate of drug-likeness (QED) is 0.808.